The van der Waals surface area contributed by atoms with E-state index in [1.54, 1.807) is 5.32 Å². The van der Waals surface area contributed by atoms with E-state index in [1.165, 1.54) is 0 Å². The second-order valence-electron chi connectivity index (χ2n) is 4.71. The third kappa shape index (κ3) is 3.98. The molecule has 0 atom stereocenters. The molecule has 2 aromatic rings. The maximum absolute atomic E-state index is 13.7. The van der Waals surface area contributed by atoms with Gasteiger partial charge in [0.25, 0.3) is 0 Å². The predicted octanol–water partition coefficient (Wildman–Crippen LogP) is 5.86. The summed E-state index contributed by atoms with van der Waals surface area (Å²) < 4.78 is 105. The first-order chi connectivity index (χ1) is 11.9. The van der Waals surface area contributed by atoms with Gasteiger partial charge in [-0.3, -0.25) is 0 Å². The molecule has 12 heteroatoms. The Kier molecular flexibility index (Phi) is 5.61. The molecule has 0 aliphatic heterocycles. The highest BCUT2D eigenvalue weighted by atomic mass is 35.5. The van der Waals surface area contributed by atoms with Crippen molar-refractivity contribution in [1.29, 1.82) is 0 Å². The van der Waals surface area contributed by atoms with E-state index in [-0.39, 0.29) is 10.7 Å². The van der Waals surface area contributed by atoms with Crippen LogP contribution in [0.15, 0.2) is 18.2 Å². The van der Waals surface area contributed by atoms with Gasteiger partial charge in [-0.1, -0.05) is 11.6 Å². The van der Waals surface area contributed by atoms with Crippen LogP contribution in [0.25, 0.3) is 0 Å². The van der Waals surface area contributed by atoms with Crippen LogP contribution in [-0.4, -0.2) is 5.11 Å². The highest BCUT2D eigenvalue weighted by Gasteiger charge is 2.42. The zero-order chi connectivity index (χ0) is 19.8. The zero-order valence-electron chi connectivity index (χ0n) is 12.0. The number of anilines is 2. The smallest absolute Gasteiger partial charge is 0.332 e. The summed E-state index contributed by atoms with van der Waals surface area (Å²) in [7, 11) is 0. The maximum atomic E-state index is 13.7. The molecule has 0 saturated heterocycles. The summed E-state index contributed by atoms with van der Waals surface area (Å²) in [6.07, 6.45) is -5.65. The molecule has 2 aromatic carbocycles. The van der Waals surface area contributed by atoms with E-state index in [9.17, 15) is 35.1 Å². The number of rotatable bonds is 2. The van der Waals surface area contributed by atoms with E-state index in [0.717, 1.165) is 18.2 Å². The van der Waals surface area contributed by atoms with Crippen molar-refractivity contribution in [3.63, 3.8) is 0 Å². The molecule has 0 aromatic heterocycles. The fourth-order valence-corrected chi connectivity index (χ4v) is 2.24. The van der Waals surface area contributed by atoms with Crippen LogP contribution in [-0.2, 0) is 6.18 Å². The number of thiocarbonyl (C=S) groups is 1. The summed E-state index contributed by atoms with van der Waals surface area (Å²) in [6.45, 7) is 0. The molecule has 0 aliphatic rings. The molecule has 0 unspecified atom stereocenters. The van der Waals surface area contributed by atoms with E-state index >= 15 is 0 Å². The summed E-state index contributed by atoms with van der Waals surface area (Å²) in [6, 6.07) is 3.08. The van der Waals surface area contributed by atoms with Crippen molar-refractivity contribution in [3.05, 3.63) is 57.9 Å². The molecule has 2 nitrogen and oxygen atoms in total. The summed E-state index contributed by atoms with van der Waals surface area (Å²) in [5.41, 5.74) is -4.25. The fourth-order valence-electron chi connectivity index (χ4n) is 1.84. The minimum atomic E-state index is -5.65. The average Bonchev–Trinajstić information content (AvgIpc) is 2.52. The van der Waals surface area contributed by atoms with E-state index in [2.05, 4.69) is 17.5 Å². The van der Waals surface area contributed by atoms with E-state index in [4.69, 9.17) is 11.6 Å². The van der Waals surface area contributed by atoms with Gasteiger partial charge in [-0.05, 0) is 30.4 Å². The summed E-state index contributed by atoms with van der Waals surface area (Å²) in [4.78, 5) is 0. The van der Waals surface area contributed by atoms with Gasteiger partial charge in [0.15, 0.2) is 28.4 Å². The lowest BCUT2D eigenvalue weighted by Gasteiger charge is -2.16. The molecule has 0 radical (unpaired) electrons. The zero-order valence-corrected chi connectivity index (χ0v) is 13.6. The number of nitrogens with one attached hydrogen (secondary N) is 2. The van der Waals surface area contributed by atoms with Gasteiger partial charge in [0.05, 0.1) is 5.02 Å². The Labute approximate surface area is 150 Å². The number of hydrogen-bond donors (Lipinski definition) is 2. The highest BCUT2D eigenvalue weighted by molar-refractivity contribution is 7.80. The summed E-state index contributed by atoms with van der Waals surface area (Å²) in [5.74, 6) is -10.7. The third-order valence-electron chi connectivity index (χ3n) is 2.96. The molecule has 2 rings (SSSR count). The topological polar surface area (TPSA) is 24.1 Å². The van der Waals surface area contributed by atoms with Crippen LogP contribution in [0.1, 0.15) is 5.56 Å². The molecular weight excluding hydrogens is 416 g/mol. The Bertz CT molecular complexity index is 855. The minimum absolute atomic E-state index is 0.0302. The van der Waals surface area contributed by atoms with Crippen molar-refractivity contribution >= 4 is 40.3 Å². The first-order valence-electron chi connectivity index (χ1n) is 6.39. The van der Waals surface area contributed by atoms with Gasteiger partial charge in [0, 0.05) is 5.69 Å². The average molecular weight is 421 g/mol. The molecule has 0 amide bonds. The second-order valence-corrected chi connectivity index (χ2v) is 5.53. The Morgan fingerprint density at radius 1 is 0.885 bits per heavy atom. The number of benzene rings is 2. The van der Waals surface area contributed by atoms with Gasteiger partial charge in [0.2, 0.25) is 0 Å². The van der Waals surface area contributed by atoms with Gasteiger partial charge < -0.3 is 10.6 Å². The summed E-state index contributed by atoms with van der Waals surface area (Å²) in [5, 5.41) is 2.99. The predicted molar refractivity (Wildman–Crippen MR) is 82.5 cm³/mol. The number of hydrogen-bond acceptors (Lipinski definition) is 1. The number of alkyl halides is 3. The lowest BCUT2D eigenvalue weighted by Crippen LogP contribution is -2.23. The highest BCUT2D eigenvalue weighted by Crippen LogP contribution is 2.38. The fraction of sp³-hybridized carbons (Fsp3) is 0.0714. The van der Waals surface area contributed by atoms with Crippen LogP contribution < -0.4 is 10.6 Å². The molecule has 0 saturated carbocycles. The van der Waals surface area contributed by atoms with Crippen molar-refractivity contribution in [2.24, 2.45) is 0 Å². The first-order valence-corrected chi connectivity index (χ1v) is 7.18. The SMILES string of the molecule is Fc1ccc(NC(=S)Nc2c(F)c(F)c(C(F)(F)F)c(F)c2F)cc1Cl. The third-order valence-corrected chi connectivity index (χ3v) is 3.46. The van der Waals surface area contributed by atoms with Crippen LogP contribution in [0.5, 0.6) is 0 Å². The monoisotopic (exact) mass is 420 g/mol. The van der Waals surface area contributed by atoms with Crippen LogP contribution >= 0.6 is 23.8 Å². The first kappa shape index (κ1) is 20.2. The van der Waals surface area contributed by atoms with Gasteiger partial charge in [-0.2, -0.15) is 13.2 Å². The van der Waals surface area contributed by atoms with Crippen LogP contribution in [0.2, 0.25) is 5.02 Å². The minimum Gasteiger partial charge on any atom is -0.332 e. The molecule has 0 bridgehead atoms. The quantitative estimate of drug-likeness (QED) is 0.361. The molecule has 0 fully saturated rings. The van der Waals surface area contributed by atoms with E-state index in [1.807, 2.05) is 0 Å². The van der Waals surface area contributed by atoms with Crippen LogP contribution in [0.4, 0.5) is 46.5 Å². The lowest BCUT2D eigenvalue weighted by molar-refractivity contribution is -0.143. The van der Waals surface area contributed by atoms with Crippen LogP contribution in [0.3, 0.4) is 0 Å². The molecule has 0 aliphatic carbocycles. The number of halogens is 9. The normalized spacial score (nSPS) is 11.4. The molecular formula is C14H5ClF8N2S. The van der Waals surface area contributed by atoms with Crippen molar-refractivity contribution in [2.75, 3.05) is 10.6 Å². The molecule has 2 N–H and O–H groups in total. The summed E-state index contributed by atoms with van der Waals surface area (Å²) >= 11 is 10.2. The van der Waals surface area contributed by atoms with Crippen molar-refractivity contribution in [3.8, 4) is 0 Å². The Morgan fingerprint density at radius 2 is 1.42 bits per heavy atom. The van der Waals surface area contributed by atoms with Gasteiger partial charge in [-0.15, -0.1) is 0 Å². The Morgan fingerprint density at radius 3 is 1.88 bits per heavy atom. The second kappa shape index (κ2) is 7.23. The van der Waals surface area contributed by atoms with Gasteiger partial charge in [0.1, 0.15) is 17.1 Å². The molecule has 140 valence electrons. The molecule has 0 spiro atoms. The Balaban J connectivity index is 2.34. The van der Waals surface area contributed by atoms with Crippen molar-refractivity contribution in [2.45, 2.75) is 6.18 Å². The lowest BCUT2D eigenvalue weighted by atomic mass is 10.1. The van der Waals surface area contributed by atoms with Crippen LogP contribution in [0, 0.1) is 29.1 Å². The van der Waals surface area contributed by atoms with Crippen molar-refractivity contribution < 1.29 is 35.1 Å². The Hall–Kier alpha value is -2.14. The largest absolute Gasteiger partial charge is 0.422 e. The molecule has 0 heterocycles. The van der Waals surface area contributed by atoms with E-state index in [0.29, 0.717) is 0 Å². The van der Waals surface area contributed by atoms with Gasteiger partial charge in [-0.25, -0.2) is 22.0 Å². The van der Waals surface area contributed by atoms with E-state index < -0.39 is 51.6 Å². The standard InChI is InChI=1S/C14H5ClF8N2S/c15-5-3-4(1-2-6(5)16)24-13(26)25-12-10(19)8(17)7(14(21,22)23)9(18)11(12)20/h1-3H,(H2,24,25,26). The van der Waals surface area contributed by atoms with Gasteiger partial charge >= 0.3 is 6.18 Å². The molecule has 26 heavy (non-hydrogen) atoms. The van der Waals surface area contributed by atoms with Crippen molar-refractivity contribution in [1.82, 2.24) is 0 Å². The maximum Gasteiger partial charge on any atom is 0.422 e.